The first kappa shape index (κ1) is 14.4. The molecule has 1 N–H and O–H groups in total. The Balaban J connectivity index is 2.41. The second kappa shape index (κ2) is 5.54. The second-order valence-electron chi connectivity index (χ2n) is 4.02. The van der Waals surface area contributed by atoms with E-state index in [2.05, 4.69) is 9.71 Å². The SMILES string of the molecule is CCc1cccc(NS(=O)(=O)c2c(F)cccc2F)n1. The molecule has 2 aromatic rings. The highest BCUT2D eigenvalue weighted by Gasteiger charge is 2.24. The molecule has 0 saturated carbocycles. The smallest absolute Gasteiger partial charge is 0.263 e. The van der Waals surface area contributed by atoms with E-state index >= 15 is 0 Å². The fraction of sp³-hybridized carbons (Fsp3) is 0.154. The Morgan fingerprint density at radius 1 is 1.10 bits per heavy atom. The van der Waals surface area contributed by atoms with Crippen LogP contribution in [0.4, 0.5) is 14.6 Å². The van der Waals surface area contributed by atoms with Gasteiger partial charge in [0.05, 0.1) is 0 Å². The summed E-state index contributed by atoms with van der Waals surface area (Å²) < 4.78 is 53.1. The van der Waals surface area contributed by atoms with Crippen LogP contribution in [0.5, 0.6) is 0 Å². The van der Waals surface area contributed by atoms with Crippen molar-refractivity contribution in [2.24, 2.45) is 0 Å². The van der Waals surface area contributed by atoms with Gasteiger partial charge >= 0.3 is 0 Å². The molecule has 0 bridgehead atoms. The summed E-state index contributed by atoms with van der Waals surface area (Å²) in [6, 6.07) is 7.61. The van der Waals surface area contributed by atoms with Gasteiger partial charge in [-0.3, -0.25) is 4.72 Å². The molecule has 7 heteroatoms. The van der Waals surface area contributed by atoms with Crippen LogP contribution in [0.25, 0.3) is 0 Å². The van der Waals surface area contributed by atoms with E-state index < -0.39 is 26.6 Å². The Morgan fingerprint density at radius 2 is 1.70 bits per heavy atom. The fourth-order valence-electron chi connectivity index (χ4n) is 1.66. The number of hydrogen-bond acceptors (Lipinski definition) is 3. The van der Waals surface area contributed by atoms with E-state index in [1.54, 1.807) is 12.1 Å². The lowest BCUT2D eigenvalue weighted by Crippen LogP contribution is -2.17. The topological polar surface area (TPSA) is 59.1 Å². The summed E-state index contributed by atoms with van der Waals surface area (Å²) in [5, 5.41) is 0. The van der Waals surface area contributed by atoms with E-state index in [0.717, 1.165) is 18.2 Å². The van der Waals surface area contributed by atoms with E-state index in [4.69, 9.17) is 0 Å². The second-order valence-corrected chi connectivity index (χ2v) is 5.64. The minimum Gasteiger partial charge on any atom is -0.263 e. The molecule has 106 valence electrons. The van der Waals surface area contributed by atoms with Crippen LogP contribution in [-0.4, -0.2) is 13.4 Å². The summed E-state index contributed by atoms with van der Waals surface area (Å²) >= 11 is 0. The normalized spacial score (nSPS) is 11.3. The largest absolute Gasteiger partial charge is 0.268 e. The maximum absolute atomic E-state index is 13.5. The number of halogens is 2. The fourth-order valence-corrected chi connectivity index (χ4v) is 2.80. The van der Waals surface area contributed by atoms with Crippen LogP contribution in [0.3, 0.4) is 0 Å². The quantitative estimate of drug-likeness (QED) is 0.944. The van der Waals surface area contributed by atoms with E-state index in [1.807, 2.05) is 6.92 Å². The Bertz CT molecular complexity index is 713. The molecule has 0 saturated heterocycles. The van der Waals surface area contributed by atoms with Crippen LogP contribution in [0.1, 0.15) is 12.6 Å². The Hall–Kier alpha value is -2.02. The molecule has 0 atom stereocenters. The van der Waals surface area contributed by atoms with E-state index in [1.165, 1.54) is 6.07 Å². The Morgan fingerprint density at radius 3 is 2.30 bits per heavy atom. The number of anilines is 1. The molecular weight excluding hydrogens is 286 g/mol. The van der Waals surface area contributed by atoms with Crippen molar-refractivity contribution in [1.29, 1.82) is 0 Å². The number of aryl methyl sites for hydroxylation is 1. The third-order valence-corrected chi connectivity index (χ3v) is 4.00. The molecule has 0 fully saturated rings. The summed E-state index contributed by atoms with van der Waals surface area (Å²) in [5.74, 6) is -2.28. The third-order valence-electron chi connectivity index (χ3n) is 2.60. The average Bonchev–Trinajstić information content (AvgIpc) is 2.37. The summed E-state index contributed by atoms with van der Waals surface area (Å²) in [6.07, 6.45) is 0.615. The van der Waals surface area contributed by atoms with Gasteiger partial charge in [-0.2, -0.15) is 0 Å². The molecule has 0 amide bonds. The summed E-state index contributed by atoms with van der Waals surface area (Å²) in [5.41, 5.74) is 0.666. The number of sulfonamides is 1. The predicted molar refractivity (Wildman–Crippen MR) is 70.8 cm³/mol. The molecule has 1 aromatic heterocycles. The highest BCUT2D eigenvalue weighted by molar-refractivity contribution is 7.92. The lowest BCUT2D eigenvalue weighted by molar-refractivity contribution is 0.521. The zero-order chi connectivity index (χ0) is 14.8. The van der Waals surface area contributed by atoms with Crippen LogP contribution < -0.4 is 4.72 Å². The van der Waals surface area contributed by atoms with Crippen molar-refractivity contribution in [2.45, 2.75) is 18.2 Å². The van der Waals surface area contributed by atoms with Gasteiger partial charge in [0.1, 0.15) is 17.5 Å². The molecule has 0 aliphatic carbocycles. The maximum atomic E-state index is 13.5. The van der Waals surface area contributed by atoms with Crippen molar-refractivity contribution >= 4 is 15.8 Å². The number of benzene rings is 1. The van der Waals surface area contributed by atoms with Gasteiger partial charge < -0.3 is 0 Å². The first-order valence-electron chi connectivity index (χ1n) is 5.87. The van der Waals surface area contributed by atoms with Gasteiger partial charge in [0.25, 0.3) is 10.0 Å². The monoisotopic (exact) mass is 298 g/mol. The lowest BCUT2D eigenvalue weighted by atomic mass is 10.3. The van der Waals surface area contributed by atoms with Gasteiger partial charge in [-0.1, -0.05) is 19.1 Å². The molecule has 1 heterocycles. The molecule has 4 nitrogen and oxygen atoms in total. The molecular formula is C13H12F2N2O2S. The highest BCUT2D eigenvalue weighted by atomic mass is 32.2. The Kier molecular flexibility index (Phi) is 3.99. The summed E-state index contributed by atoms with van der Waals surface area (Å²) in [7, 11) is -4.36. The molecule has 20 heavy (non-hydrogen) atoms. The number of hydrogen-bond donors (Lipinski definition) is 1. The van der Waals surface area contributed by atoms with Gasteiger partial charge in [0.15, 0.2) is 4.90 Å². The van der Waals surface area contributed by atoms with Gasteiger partial charge in [0.2, 0.25) is 0 Å². The van der Waals surface area contributed by atoms with Crippen molar-refractivity contribution in [3.05, 3.63) is 53.7 Å². The first-order valence-corrected chi connectivity index (χ1v) is 7.35. The molecule has 0 aliphatic rings. The predicted octanol–water partition coefficient (Wildman–Crippen LogP) is 2.72. The van der Waals surface area contributed by atoms with E-state index in [-0.39, 0.29) is 5.82 Å². The van der Waals surface area contributed by atoms with Gasteiger partial charge in [-0.15, -0.1) is 0 Å². The average molecular weight is 298 g/mol. The third kappa shape index (κ3) is 2.93. The van der Waals surface area contributed by atoms with Crippen molar-refractivity contribution < 1.29 is 17.2 Å². The number of nitrogens with zero attached hydrogens (tertiary/aromatic N) is 1. The highest BCUT2D eigenvalue weighted by Crippen LogP contribution is 2.21. The molecule has 1 aromatic carbocycles. The van der Waals surface area contributed by atoms with E-state index in [0.29, 0.717) is 12.1 Å². The maximum Gasteiger partial charge on any atom is 0.268 e. The van der Waals surface area contributed by atoms with Gasteiger partial charge in [-0.25, -0.2) is 22.2 Å². The van der Waals surface area contributed by atoms with Crippen molar-refractivity contribution in [3.8, 4) is 0 Å². The summed E-state index contributed by atoms with van der Waals surface area (Å²) in [4.78, 5) is 3.02. The number of aromatic nitrogens is 1. The zero-order valence-corrected chi connectivity index (χ0v) is 11.4. The first-order chi connectivity index (χ1) is 9.44. The van der Waals surface area contributed by atoms with Crippen molar-refractivity contribution in [2.75, 3.05) is 4.72 Å². The Labute approximate surface area is 115 Å². The van der Waals surface area contributed by atoms with Gasteiger partial charge in [0, 0.05) is 5.69 Å². The number of rotatable bonds is 4. The van der Waals surface area contributed by atoms with E-state index in [9.17, 15) is 17.2 Å². The van der Waals surface area contributed by atoms with Crippen LogP contribution in [0, 0.1) is 11.6 Å². The molecule has 2 rings (SSSR count). The minimum atomic E-state index is -4.36. The van der Waals surface area contributed by atoms with Gasteiger partial charge in [-0.05, 0) is 30.7 Å². The van der Waals surface area contributed by atoms with Crippen LogP contribution in [0.2, 0.25) is 0 Å². The lowest BCUT2D eigenvalue weighted by Gasteiger charge is -2.09. The summed E-state index contributed by atoms with van der Waals surface area (Å²) in [6.45, 7) is 1.86. The van der Waals surface area contributed by atoms with Crippen LogP contribution in [-0.2, 0) is 16.4 Å². The van der Waals surface area contributed by atoms with Crippen LogP contribution in [0.15, 0.2) is 41.3 Å². The van der Waals surface area contributed by atoms with Crippen molar-refractivity contribution in [1.82, 2.24) is 4.98 Å². The number of pyridine rings is 1. The van der Waals surface area contributed by atoms with Crippen LogP contribution >= 0.6 is 0 Å². The minimum absolute atomic E-state index is 0.0204. The molecule has 0 radical (unpaired) electrons. The zero-order valence-electron chi connectivity index (χ0n) is 10.6. The standard InChI is InChI=1S/C13H12F2N2O2S/c1-2-9-5-3-8-12(16-9)17-20(18,19)13-10(14)6-4-7-11(13)15/h3-8H,2H2,1H3,(H,16,17). The molecule has 0 unspecified atom stereocenters. The molecule has 0 aliphatic heterocycles. The van der Waals surface area contributed by atoms with Crippen molar-refractivity contribution in [3.63, 3.8) is 0 Å². The number of nitrogens with one attached hydrogen (secondary N) is 1. The molecule has 0 spiro atoms.